The fraction of sp³-hybridized carbons (Fsp3) is 0.333. The van der Waals surface area contributed by atoms with Crippen LogP contribution in [0.3, 0.4) is 0 Å². The molecule has 1 nitrogen and oxygen atoms in total. The van der Waals surface area contributed by atoms with Gasteiger partial charge in [-0.05, 0) is 53.4 Å². The van der Waals surface area contributed by atoms with Crippen molar-refractivity contribution in [1.82, 2.24) is 0 Å². The molecule has 0 fully saturated rings. The number of benzene rings is 1. The van der Waals surface area contributed by atoms with Gasteiger partial charge in [0.25, 0.3) is 0 Å². The topological polar surface area (TPSA) is 9.23 Å². The molecule has 0 aliphatic carbocycles. The molecule has 0 saturated heterocycles. The number of allylic oxidation sites excluding steroid dienone is 2. The van der Waals surface area contributed by atoms with E-state index < -0.39 is 0 Å². The average Bonchev–Trinajstić information content (AvgIpc) is 2.18. The number of hydrogen-bond donors (Lipinski definition) is 0. The molecule has 14 heavy (non-hydrogen) atoms. The van der Waals surface area contributed by atoms with Gasteiger partial charge in [-0.15, -0.1) is 0 Å². The average molecular weight is 255 g/mol. The Kier molecular flexibility index (Phi) is 4.74. The minimum Gasteiger partial charge on any atom is -0.496 e. The first-order valence-corrected chi connectivity index (χ1v) is 5.50. The van der Waals surface area contributed by atoms with E-state index in [2.05, 4.69) is 40.2 Å². The van der Waals surface area contributed by atoms with Gasteiger partial charge in [0.2, 0.25) is 0 Å². The zero-order chi connectivity index (χ0) is 10.4. The molecule has 1 rings (SSSR count). The van der Waals surface area contributed by atoms with Crippen molar-refractivity contribution in [2.45, 2.75) is 19.8 Å². The predicted molar refractivity (Wildman–Crippen MR) is 63.8 cm³/mol. The van der Waals surface area contributed by atoms with Gasteiger partial charge in [0.05, 0.1) is 11.6 Å². The standard InChI is InChI=1S/C12H15BrO/c1-3-4-5-6-10-7-8-12(14-2)11(13)9-10/h3-4,7-9H,5-6H2,1-2H3/b4-3-. The van der Waals surface area contributed by atoms with Crippen LogP contribution >= 0.6 is 15.9 Å². The molecular weight excluding hydrogens is 240 g/mol. The lowest BCUT2D eigenvalue weighted by atomic mass is 10.1. The number of halogens is 1. The van der Waals surface area contributed by atoms with Gasteiger partial charge in [0.15, 0.2) is 0 Å². The van der Waals surface area contributed by atoms with Crippen LogP contribution in [0.5, 0.6) is 5.75 Å². The zero-order valence-corrected chi connectivity index (χ0v) is 10.2. The minimum atomic E-state index is 0.889. The summed E-state index contributed by atoms with van der Waals surface area (Å²) >= 11 is 3.47. The molecule has 1 aromatic rings. The molecule has 2 heteroatoms. The van der Waals surface area contributed by atoms with Gasteiger partial charge in [-0.1, -0.05) is 18.2 Å². The van der Waals surface area contributed by atoms with Crippen LogP contribution in [0, 0.1) is 0 Å². The van der Waals surface area contributed by atoms with E-state index >= 15 is 0 Å². The predicted octanol–water partition coefficient (Wildman–Crippen LogP) is 3.97. The summed E-state index contributed by atoms with van der Waals surface area (Å²) in [4.78, 5) is 0. The van der Waals surface area contributed by atoms with Crippen molar-refractivity contribution >= 4 is 15.9 Å². The second-order valence-corrected chi connectivity index (χ2v) is 3.93. The number of methoxy groups -OCH3 is 1. The van der Waals surface area contributed by atoms with E-state index in [4.69, 9.17) is 4.74 Å². The maximum atomic E-state index is 5.16. The first-order chi connectivity index (χ1) is 6.77. The lowest BCUT2D eigenvalue weighted by Gasteiger charge is -2.05. The van der Waals surface area contributed by atoms with E-state index in [9.17, 15) is 0 Å². The molecule has 0 N–H and O–H groups in total. The van der Waals surface area contributed by atoms with E-state index in [1.165, 1.54) is 5.56 Å². The fourth-order valence-electron chi connectivity index (χ4n) is 1.28. The van der Waals surface area contributed by atoms with Gasteiger partial charge < -0.3 is 4.74 Å². The second kappa shape index (κ2) is 5.86. The molecule has 0 radical (unpaired) electrons. The zero-order valence-electron chi connectivity index (χ0n) is 8.59. The number of rotatable bonds is 4. The third kappa shape index (κ3) is 3.18. The van der Waals surface area contributed by atoms with E-state index in [1.54, 1.807) is 7.11 Å². The minimum absolute atomic E-state index is 0.889. The van der Waals surface area contributed by atoms with Crippen LogP contribution in [0.15, 0.2) is 34.8 Å². The molecule has 0 heterocycles. The first kappa shape index (κ1) is 11.3. The Morgan fingerprint density at radius 2 is 2.21 bits per heavy atom. The molecule has 0 bridgehead atoms. The molecule has 0 spiro atoms. The van der Waals surface area contributed by atoms with Crippen molar-refractivity contribution in [1.29, 1.82) is 0 Å². The highest BCUT2D eigenvalue weighted by atomic mass is 79.9. The Labute approximate surface area is 93.9 Å². The Morgan fingerprint density at radius 3 is 2.79 bits per heavy atom. The monoisotopic (exact) mass is 254 g/mol. The summed E-state index contributed by atoms with van der Waals surface area (Å²) in [5.74, 6) is 0.889. The SMILES string of the molecule is C/C=C\CCc1ccc(OC)c(Br)c1. The Hall–Kier alpha value is -0.760. The van der Waals surface area contributed by atoms with Crippen molar-refractivity contribution in [3.63, 3.8) is 0 Å². The molecule has 0 aliphatic heterocycles. The van der Waals surface area contributed by atoms with Gasteiger partial charge in [0.1, 0.15) is 5.75 Å². The fourth-order valence-corrected chi connectivity index (χ4v) is 1.87. The maximum absolute atomic E-state index is 5.16. The Bertz CT molecular complexity index is 318. The number of aryl methyl sites for hydroxylation is 1. The number of ether oxygens (including phenoxy) is 1. The highest BCUT2D eigenvalue weighted by molar-refractivity contribution is 9.10. The van der Waals surface area contributed by atoms with Gasteiger partial charge >= 0.3 is 0 Å². The van der Waals surface area contributed by atoms with E-state index in [0.29, 0.717) is 0 Å². The molecular formula is C12H15BrO. The largest absolute Gasteiger partial charge is 0.496 e. The van der Waals surface area contributed by atoms with E-state index in [1.807, 2.05) is 13.0 Å². The molecule has 1 aromatic carbocycles. The molecule has 0 atom stereocenters. The normalized spacial score (nSPS) is 10.8. The summed E-state index contributed by atoms with van der Waals surface area (Å²) in [7, 11) is 1.68. The van der Waals surface area contributed by atoms with Crippen molar-refractivity contribution in [2.24, 2.45) is 0 Å². The summed E-state index contributed by atoms with van der Waals surface area (Å²) in [5.41, 5.74) is 1.33. The summed E-state index contributed by atoms with van der Waals surface area (Å²) in [5, 5.41) is 0. The molecule has 76 valence electrons. The molecule has 0 aliphatic rings. The Balaban J connectivity index is 2.66. The van der Waals surface area contributed by atoms with Crippen LogP contribution in [0.2, 0.25) is 0 Å². The van der Waals surface area contributed by atoms with Crippen molar-refractivity contribution in [3.8, 4) is 5.75 Å². The van der Waals surface area contributed by atoms with Crippen LogP contribution in [-0.4, -0.2) is 7.11 Å². The van der Waals surface area contributed by atoms with Crippen LogP contribution in [-0.2, 0) is 6.42 Å². The van der Waals surface area contributed by atoms with Crippen LogP contribution in [0.25, 0.3) is 0 Å². The van der Waals surface area contributed by atoms with Crippen molar-refractivity contribution in [2.75, 3.05) is 7.11 Å². The van der Waals surface area contributed by atoms with Crippen molar-refractivity contribution < 1.29 is 4.74 Å². The lowest BCUT2D eigenvalue weighted by Crippen LogP contribution is -1.87. The van der Waals surface area contributed by atoms with Gasteiger partial charge in [0, 0.05) is 0 Å². The van der Waals surface area contributed by atoms with Gasteiger partial charge in [-0.3, -0.25) is 0 Å². The second-order valence-electron chi connectivity index (χ2n) is 3.08. The summed E-state index contributed by atoms with van der Waals surface area (Å²) in [6.07, 6.45) is 6.43. The smallest absolute Gasteiger partial charge is 0.133 e. The molecule has 0 unspecified atom stereocenters. The first-order valence-electron chi connectivity index (χ1n) is 4.71. The highest BCUT2D eigenvalue weighted by Crippen LogP contribution is 2.25. The summed E-state index contributed by atoms with van der Waals surface area (Å²) in [6.45, 7) is 2.05. The van der Waals surface area contributed by atoms with Crippen LogP contribution in [0.4, 0.5) is 0 Å². The maximum Gasteiger partial charge on any atom is 0.133 e. The van der Waals surface area contributed by atoms with E-state index in [0.717, 1.165) is 23.1 Å². The van der Waals surface area contributed by atoms with Crippen LogP contribution in [0.1, 0.15) is 18.9 Å². The summed E-state index contributed by atoms with van der Waals surface area (Å²) < 4.78 is 6.19. The molecule has 0 aromatic heterocycles. The van der Waals surface area contributed by atoms with Crippen molar-refractivity contribution in [3.05, 3.63) is 40.4 Å². The number of hydrogen-bond acceptors (Lipinski definition) is 1. The molecule has 0 amide bonds. The summed E-state index contributed by atoms with van der Waals surface area (Å²) in [6, 6.07) is 6.21. The third-order valence-electron chi connectivity index (χ3n) is 2.05. The van der Waals surface area contributed by atoms with Gasteiger partial charge in [-0.2, -0.15) is 0 Å². The quantitative estimate of drug-likeness (QED) is 0.740. The highest BCUT2D eigenvalue weighted by Gasteiger charge is 2.00. The molecule has 0 saturated carbocycles. The third-order valence-corrected chi connectivity index (χ3v) is 2.67. The van der Waals surface area contributed by atoms with E-state index in [-0.39, 0.29) is 0 Å². The Morgan fingerprint density at radius 1 is 1.43 bits per heavy atom. The van der Waals surface area contributed by atoms with Gasteiger partial charge in [-0.25, -0.2) is 0 Å². The van der Waals surface area contributed by atoms with Crippen LogP contribution < -0.4 is 4.74 Å². The lowest BCUT2D eigenvalue weighted by molar-refractivity contribution is 0.412.